The Morgan fingerprint density at radius 1 is 1.30 bits per heavy atom. The molecule has 0 aliphatic carbocycles. The van der Waals surface area contributed by atoms with Crippen molar-refractivity contribution in [1.29, 1.82) is 0 Å². The van der Waals surface area contributed by atoms with Gasteiger partial charge in [-0.15, -0.1) is 0 Å². The summed E-state index contributed by atoms with van der Waals surface area (Å²) in [6.45, 7) is 1.95. The molecule has 102 valence electrons. The predicted octanol–water partition coefficient (Wildman–Crippen LogP) is 2.19. The van der Waals surface area contributed by atoms with E-state index < -0.39 is 6.10 Å². The maximum absolute atomic E-state index is 9.82. The van der Waals surface area contributed by atoms with Gasteiger partial charge in [0.2, 0.25) is 0 Å². The van der Waals surface area contributed by atoms with Crippen molar-refractivity contribution in [1.82, 2.24) is 9.97 Å². The van der Waals surface area contributed by atoms with Crippen molar-refractivity contribution < 1.29 is 9.52 Å². The molecular formula is C15H15N3O2. The molecule has 1 aromatic carbocycles. The number of fused-ring (bicyclic) bond motifs is 1. The maximum atomic E-state index is 9.82. The van der Waals surface area contributed by atoms with Crippen molar-refractivity contribution in [2.45, 2.75) is 13.0 Å². The number of aromatic nitrogens is 2. The van der Waals surface area contributed by atoms with E-state index in [-0.39, 0.29) is 6.54 Å². The second-order valence-electron chi connectivity index (χ2n) is 4.65. The highest BCUT2D eigenvalue weighted by molar-refractivity contribution is 5.92. The lowest BCUT2D eigenvalue weighted by Crippen LogP contribution is -2.15. The van der Waals surface area contributed by atoms with Crippen LogP contribution in [-0.4, -0.2) is 21.6 Å². The van der Waals surface area contributed by atoms with Gasteiger partial charge in [-0.05, 0) is 19.1 Å². The average molecular weight is 269 g/mol. The lowest BCUT2D eigenvalue weighted by Gasteiger charge is -2.09. The minimum atomic E-state index is -0.855. The first-order valence-electron chi connectivity index (χ1n) is 6.39. The van der Waals surface area contributed by atoms with E-state index >= 15 is 0 Å². The minimum Gasteiger partial charge on any atom is -0.464 e. The maximum Gasteiger partial charge on any atom is 0.159 e. The largest absolute Gasteiger partial charge is 0.464 e. The number of para-hydroxylation sites is 1. The first-order valence-corrected chi connectivity index (χ1v) is 6.39. The zero-order valence-electron chi connectivity index (χ0n) is 11.1. The first kappa shape index (κ1) is 12.8. The van der Waals surface area contributed by atoms with E-state index in [4.69, 9.17) is 10.2 Å². The molecule has 1 unspecified atom stereocenters. The Labute approximate surface area is 116 Å². The topological polar surface area (TPSA) is 85.2 Å². The summed E-state index contributed by atoms with van der Waals surface area (Å²) in [6.07, 6.45) is 0.817. The highest BCUT2D eigenvalue weighted by Crippen LogP contribution is 2.29. The molecular weight excluding hydrogens is 254 g/mol. The quantitative estimate of drug-likeness (QED) is 0.761. The van der Waals surface area contributed by atoms with Crippen LogP contribution in [0.3, 0.4) is 0 Å². The number of aryl methyl sites for hydroxylation is 1. The van der Waals surface area contributed by atoms with Crippen LogP contribution < -0.4 is 5.73 Å². The van der Waals surface area contributed by atoms with E-state index in [0.29, 0.717) is 5.82 Å². The van der Waals surface area contributed by atoms with Crippen LogP contribution >= 0.6 is 0 Å². The fourth-order valence-corrected chi connectivity index (χ4v) is 2.16. The molecule has 0 aliphatic heterocycles. The zero-order valence-corrected chi connectivity index (χ0v) is 11.1. The molecule has 2 aromatic heterocycles. The molecule has 0 amide bonds. The molecule has 0 radical (unpaired) electrons. The van der Waals surface area contributed by atoms with Crippen LogP contribution in [0.4, 0.5) is 0 Å². The summed E-state index contributed by atoms with van der Waals surface area (Å²) in [4.78, 5) is 8.62. The molecule has 0 saturated carbocycles. The van der Waals surface area contributed by atoms with E-state index in [1.807, 2.05) is 37.3 Å². The summed E-state index contributed by atoms with van der Waals surface area (Å²) in [7, 11) is 0. The highest BCUT2D eigenvalue weighted by Gasteiger charge is 2.14. The number of nitrogens with zero attached hydrogens (tertiary/aromatic N) is 2. The Kier molecular flexibility index (Phi) is 3.22. The van der Waals surface area contributed by atoms with Crippen molar-refractivity contribution in [3.8, 4) is 11.3 Å². The summed E-state index contributed by atoms with van der Waals surface area (Å²) in [6, 6.07) is 9.62. The zero-order chi connectivity index (χ0) is 14.1. The Morgan fingerprint density at radius 2 is 2.10 bits per heavy atom. The van der Waals surface area contributed by atoms with Crippen molar-refractivity contribution in [2.24, 2.45) is 5.73 Å². The summed E-state index contributed by atoms with van der Waals surface area (Å²) < 4.78 is 5.52. The Morgan fingerprint density at radius 3 is 2.90 bits per heavy atom. The van der Waals surface area contributed by atoms with Gasteiger partial charge in [0.25, 0.3) is 0 Å². The lowest BCUT2D eigenvalue weighted by atomic mass is 10.1. The number of aliphatic hydroxyl groups excluding tert-OH is 1. The molecule has 3 aromatic rings. The minimum absolute atomic E-state index is 0.0923. The van der Waals surface area contributed by atoms with Crippen LogP contribution in [0.1, 0.15) is 17.6 Å². The van der Waals surface area contributed by atoms with E-state index in [1.54, 1.807) is 6.26 Å². The van der Waals surface area contributed by atoms with Crippen LogP contribution in [0.2, 0.25) is 0 Å². The number of benzene rings is 1. The second-order valence-corrected chi connectivity index (χ2v) is 4.65. The molecule has 0 bridgehead atoms. The van der Waals surface area contributed by atoms with Crippen molar-refractivity contribution in [3.05, 3.63) is 48.1 Å². The van der Waals surface area contributed by atoms with Gasteiger partial charge in [0.05, 0.1) is 5.69 Å². The van der Waals surface area contributed by atoms with Crippen molar-refractivity contribution in [3.63, 3.8) is 0 Å². The number of nitrogens with two attached hydrogens (primary N) is 1. The van der Waals surface area contributed by atoms with Gasteiger partial charge < -0.3 is 15.3 Å². The Bertz CT molecular complexity index is 752. The predicted molar refractivity (Wildman–Crippen MR) is 76.0 cm³/mol. The molecule has 5 heteroatoms. The van der Waals surface area contributed by atoms with Gasteiger partial charge in [-0.1, -0.05) is 18.2 Å². The highest BCUT2D eigenvalue weighted by atomic mass is 16.3. The van der Waals surface area contributed by atoms with Gasteiger partial charge in [0.15, 0.2) is 5.82 Å². The SMILES string of the molecule is Cc1cc(-c2coc3ccccc23)nc(C(O)CN)n1. The van der Waals surface area contributed by atoms with Gasteiger partial charge in [0.1, 0.15) is 18.0 Å². The third-order valence-corrected chi connectivity index (χ3v) is 3.15. The molecule has 0 aliphatic rings. The van der Waals surface area contributed by atoms with Gasteiger partial charge in [-0.2, -0.15) is 0 Å². The Balaban J connectivity index is 2.16. The van der Waals surface area contributed by atoms with E-state index in [0.717, 1.165) is 27.9 Å². The van der Waals surface area contributed by atoms with Crippen LogP contribution in [0.15, 0.2) is 41.0 Å². The number of aliphatic hydroxyl groups is 1. The fraction of sp³-hybridized carbons (Fsp3) is 0.200. The number of rotatable bonds is 3. The van der Waals surface area contributed by atoms with Gasteiger partial charge in [-0.3, -0.25) is 0 Å². The van der Waals surface area contributed by atoms with Crippen LogP contribution in [0.5, 0.6) is 0 Å². The fourth-order valence-electron chi connectivity index (χ4n) is 2.16. The number of hydrogen-bond donors (Lipinski definition) is 2. The monoisotopic (exact) mass is 269 g/mol. The molecule has 3 N–H and O–H groups in total. The number of furan rings is 1. The molecule has 3 rings (SSSR count). The van der Waals surface area contributed by atoms with Crippen molar-refractivity contribution in [2.75, 3.05) is 6.54 Å². The summed E-state index contributed by atoms with van der Waals surface area (Å²) in [5.74, 6) is 0.341. The molecule has 20 heavy (non-hydrogen) atoms. The van der Waals surface area contributed by atoms with Crippen LogP contribution in [-0.2, 0) is 0 Å². The molecule has 2 heterocycles. The lowest BCUT2D eigenvalue weighted by molar-refractivity contribution is 0.176. The summed E-state index contributed by atoms with van der Waals surface area (Å²) in [5.41, 5.74) is 8.66. The van der Waals surface area contributed by atoms with Gasteiger partial charge >= 0.3 is 0 Å². The molecule has 0 spiro atoms. The smallest absolute Gasteiger partial charge is 0.159 e. The second kappa shape index (κ2) is 5.03. The van der Waals surface area contributed by atoms with Crippen LogP contribution in [0, 0.1) is 6.92 Å². The number of hydrogen-bond acceptors (Lipinski definition) is 5. The average Bonchev–Trinajstić information content (AvgIpc) is 2.89. The van der Waals surface area contributed by atoms with Gasteiger partial charge in [-0.25, -0.2) is 9.97 Å². The Hall–Kier alpha value is -2.24. The van der Waals surface area contributed by atoms with Crippen LogP contribution in [0.25, 0.3) is 22.2 Å². The normalized spacial score (nSPS) is 12.8. The molecule has 0 fully saturated rings. The standard InChI is InChI=1S/C15H15N3O2/c1-9-6-12(18-15(17-9)13(19)7-16)11-8-20-14-5-3-2-4-10(11)14/h2-6,8,13,19H,7,16H2,1H3. The van der Waals surface area contributed by atoms with E-state index in [1.165, 1.54) is 0 Å². The first-order chi connectivity index (χ1) is 9.69. The third kappa shape index (κ3) is 2.17. The van der Waals surface area contributed by atoms with Crippen molar-refractivity contribution >= 4 is 11.0 Å². The summed E-state index contributed by atoms with van der Waals surface area (Å²) in [5, 5.41) is 10.8. The molecule has 1 atom stereocenters. The summed E-state index contributed by atoms with van der Waals surface area (Å²) >= 11 is 0. The van der Waals surface area contributed by atoms with Gasteiger partial charge in [0, 0.05) is 23.2 Å². The third-order valence-electron chi connectivity index (χ3n) is 3.15. The molecule has 0 saturated heterocycles. The molecule has 5 nitrogen and oxygen atoms in total. The van der Waals surface area contributed by atoms with E-state index in [9.17, 15) is 5.11 Å². The van der Waals surface area contributed by atoms with E-state index in [2.05, 4.69) is 9.97 Å².